The van der Waals surface area contributed by atoms with Gasteiger partial charge in [-0.3, -0.25) is 0 Å². The molecule has 0 saturated carbocycles. The first kappa shape index (κ1) is 14.4. The van der Waals surface area contributed by atoms with Crippen LogP contribution in [0, 0.1) is 0 Å². The topological polar surface area (TPSA) is 41.5 Å². The smallest absolute Gasteiger partial charge is 0.0834 e. The lowest BCUT2D eigenvalue weighted by molar-refractivity contribution is -0.0662. The number of rotatable bonds is 3. The second-order valence-corrected chi connectivity index (χ2v) is 6.63. The van der Waals surface area contributed by atoms with E-state index in [9.17, 15) is 5.11 Å². The number of hydrogen-bond acceptors (Lipinski definition) is 3. The molecule has 3 nitrogen and oxygen atoms in total. The predicted octanol–water partition coefficient (Wildman–Crippen LogP) is 3.50. The summed E-state index contributed by atoms with van der Waals surface area (Å²) >= 11 is 0. The van der Waals surface area contributed by atoms with Gasteiger partial charge in [0, 0.05) is 11.3 Å². The highest BCUT2D eigenvalue weighted by Gasteiger charge is 2.45. The van der Waals surface area contributed by atoms with E-state index >= 15 is 0 Å². The van der Waals surface area contributed by atoms with Gasteiger partial charge in [-0.25, -0.2) is 0 Å². The Labute approximate surface area is 116 Å². The van der Waals surface area contributed by atoms with Gasteiger partial charge in [-0.1, -0.05) is 18.2 Å². The van der Waals surface area contributed by atoms with E-state index in [0.29, 0.717) is 0 Å². The zero-order chi connectivity index (χ0) is 14.3. The lowest BCUT2D eigenvalue weighted by Gasteiger charge is -2.29. The van der Waals surface area contributed by atoms with E-state index in [4.69, 9.17) is 4.74 Å². The average molecular weight is 263 g/mol. The first-order chi connectivity index (χ1) is 8.71. The molecule has 1 aromatic rings. The molecular weight excluding hydrogens is 238 g/mol. The molecular formula is C16H25NO2. The molecule has 106 valence electrons. The van der Waals surface area contributed by atoms with Gasteiger partial charge < -0.3 is 15.2 Å². The minimum absolute atomic E-state index is 0.110. The molecule has 0 aliphatic carbocycles. The molecule has 0 aromatic heterocycles. The molecule has 1 aliphatic rings. The van der Waals surface area contributed by atoms with Crippen molar-refractivity contribution in [3.05, 3.63) is 29.8 Å². The third kappa shape index (κ3) is 3.10. The van der Waals surface area contributed by atoms with Gasteiger partial charge in [0.25, 0.3) is 0 Å². The van der Waals surface area contributed by atoms with E-state index in [1.165, 1.54) is 0 Å². The third-order valence-corrected chi connectivity index (χ3v) is 3.81. The van der Waals surface area contributed by atoms with Crippen molar-refractivity contribution in [3.63, 3.8) is 0 Å². The molecule has 1 aromatic carbocycles. The predicted molar refractivity (Wildman–Crippen MR) is 78.3 cm³/mol. The summed E-state index contributed by atoms with van der Waals surface area (Å²) in [6, 6.07) is 8.16. The Morgan fingerprint density at radius 2 is 1.89 bits per heavy atom. The SMILES string of the molecule is CC(O)c1ccccc1NC1CC(C)(C)OC1(C)C. The second kappa shape index (κ2) is 4.80. The van der Waals surface area contributed by atoms with Crippen LogP contribution >= 0.6 is 0 Å². The van der Waals surface area contributed by atoms with E-state index in [2.05, 4.69) is 33.0 Å². The van der Waals surface area contributed by atoms with Gasteiger partial charge in [0.2, 0.25) is 0 Å². The molecule has 3 heteroatoms. The normalized spacial score (nSPS) is 26.1. The van der Waals surface area contributed by atoms with Crippen LogP contribution < -0.4 is 5.32 Å². The third-order valence-electron chi connectivity index (χ3n) is 3.81. The zero-order valence-corrected chi connectivity index (χ0v) is 12.5. The van der Waals surface area contributed by atoms with Crippen LogP contribution in [0.5, 0.6) is 0 Å². The number of aliphatic hydroxyl groups excluding tert-OH is 1. The van der Waals surface area contributed by atoms with Crippen molar-refractivity contribution in [1.29, 1.82) is 0 Å². The molecule has 1 heterocycles. The highest BCUT2D eigenvalue weighted by atomic mass is 16.5. The molecule has 0 bridgehead atoms. The van der Waals surface area contributed by atoms with Crippen molar-refractivity contribution >= 4 is 5.69 Å². The van der Waals surface area contributed by atoms with Crippen molar-refractivity contribution in [2.24, 2.45) is 0 Å². The van der Waals surface area contributed by atoms with E-state index in [1.807, 2.05) is 24.3 Å². The van der Waals surface area contributed by atoms with Gasteiger partial charge >= 0.3 is 0 Å². The monoisotopic (exact) mass is 263 g/mol. The van der Waals surface area contributed by atoms with Crippen LogP contribution in [0.1, 0.15) is 52.7 Å². The number of benzene rings is 1. The Morgan fingerprint density at radius 3 is 2.42 bits per heavy atom. The fourth-order valence-corrected chi connectivity index (χ4v) is 2.97. The van der Waals surface area contributed by atoms with Crippen LogP contribution in [0.15, 0.2) is 24.3 Å². The van der Waals surface area contributed by atoms with Gasteiger partial charge in [0.05, 0.1) is 23.3 Å². The summed E-state index contributed by atoms with van der Waals surface area (Å²) in [4.78, 5) is 0. The van der Waals surface area contributed by atoms with E-state index in [-0.39, 0.29) is 17.2 Å². The zero-order valence-electron chi connectivity index (χ0n) is 12.5. The van der Waals surface area contributed by atoms with Crippen molar-refractivity contribution < 1.29 is 9.84 Å². The second-order valence-electron chi connectivity index (χ2n) is 6.63. The number of hydrogen-bond donors (Lipinski definition) is 2. The standard InChI is InChI=1S/C16H25NO2/c1-11(18)12-8-6-7-9-13(12)17-14-10-15(2,3)19-16(14,4)5/h6-9,11,14,17-18H,10H2,1-5H3. The van der Waals surface area contributed by atoms with Crippen molar-refractivity contribution in [2.45, 2.75) is 64.4 Å². The maximum Gasteiger partial charge on any atom is 0.0834 e. The largest absolute Gasteiger partial charge is 0.389 e. The summed E-state index contributed by atoms with van der Waals surface area (Å²) < 4.78 is 6.10. The van der Waals surface area contributed by atoms with Crippen LogP contribution in [-0.4, -0.2) is 22.4 Å². The molecule has 2 rings (SSSR count). The summed E-state index contributed by atoms with van der Waals surface area (Å²) in [7, 11) is 0. The Hall–Kier alpha value is -1.06. The Bertz CT molecular complexity index is 452. The van der Waals surface area contributed by atoms with E-state index in [0.717, 1.165) is 17.7 Å². The van der Waals surface area contributed by atoms with Gasteiger partial charge in [0.15, 0.2) is 0 Å². The van der Waals surface area contributed by atoms with Crippen LogP contribution in [0.2, 0.25) is 0 Å². The van der Waals surface area contributed by atoms with Crippen molar-refractivity contribution in [3.8, 4) is 0 Å². The van der Waals surface area contributed by atoms with Crippen LogP contribution in [0.3, 0.4) is 0 Å². The molecule has 0 radical (unpaired) electrons. The van der Waals surface area contributed by atoms with Gasteiger partial charge in [-0.15, -0.1) is 0 Å². The molecule has 19 heavy (non-hydrogen) atoms. The first-order valence-electron chi connectivity index (χ1n) is 6.95. The lowest BCUT2D eigenvalue weighted by atomic mass is 9.93. The number of anilines is 1. The van der Waals surface area contributed by atoms with Gasteiger partial charge in [-0.2, -0.15) is 0 Å². The number of aliphatic hydroxyl groups is 1. The molecule has 0 amide bonds. The number of para-hydroxylation sites is 1. The van der Waals surface area contributed by atoms with Gasteiger partial charge in [-0.05, 0) is 47.1 Å². The quantitative estimate of drug-likeness (QED) is 0.877. The fourth-order valence-electron chi connectivity index (χ4n) is 2.97. The van der Waals surface area contributed by atoms with Crippen molar-refractivity contribution in [1.82, 2.24) is 0 Å². The molecule has 2 atom stereocenters. The van der Waals surface area contributed by atoms with Crippen LogP contribution in [0.4, 0.5) is 5.69 Å². The van der Waals surface area contributed by atoms with E-state index in [1.54, 1.807) is 6.92 Å². The summed E-state index contributed by atoms with van der Waals surface area (Å²) in [6.07, 6.45) is 0.482. The van der Waals surface area contributed by atoms with Crippen LogP contribution in [-0.2, 0) is 4.74 Å². The number of nitrogens with one attached hydrogen (secondary N) is 1. The maximum atomic E-state index is 9.84. The summed E-state index contributed by atoms with van der Waals surface area (Å²) in [5.74, 6) is 0. The fraction of sp³-hybridized carbons (Fsp3) is 0.625. The van der Waals surface area contributed by atoms with E-state index < -0.39 is 6.10 Å². The average Bonchev–Trinajstić information content (AvgIpc) is 2.47. The van der Waals surface area contributed by atoms with Gasteiger partial charge in [0.1, 0.15) is 0 Å². The molecule has 1 fully saturated rings. The van der Waals surface area contributed by atoms with Crippen molar-refractivity contribution in [2.75, 3.05) is 5.32 Å². The highest BCUT2D eigenvalue weighted by Crippen LogP contribution is 2.39. The number of ether oxygens (including phenoxy) is 1. The lowest BCUT2D eigenvalue weighted by Crippen LogP contribution is -2.38. The Balaban J connectivity index is 2.22. The molecule has 2 N–H and O–H groups in total. The highest BCUT2D eigenvalue weighted by molar-refractivity contribution is 5.53. The minimum Gasteiger partial charge on any atom is -0.389 e. The molecule has 0 spiro atoms. The van der Waals surface area contributed by atoms with Crippen LogP contribution in [0.25, 0.3) is 0 Å². The minimum atomic E-state index is -0.470. The maximum absolute atomic E-state index is 9.84. The Kier molecular flexibility index (Phi) is 3.63. The molecule has 1 saturated heterocycles. The first-order valence-corrected chi connectivity index (χ1v) is 6.95. The molecule has 1 aliphatic heterocycles. The summed E-state index contributed by atoms with van der Waals surface area (Å²) in [5, 5.41) is 13.4. The Morgan fingerprint density at radius 1 is 1.26 bits per heavy atom. The molecule has 2 unspecified atom stereocenters. The summed E-state index contributed by atoms with van der Waals surface area (Å²) in [6.45, 7) is 10.3. The summed E-state index contributed by atoms with van der Waals surface area (Å²) in [5.41, 5.74) is 1.61.